The fourth-order valence-electron chi connectivity index (χ4n) is 5.34. The van der Waals surface area contributed by atoms with E-state index in [4.69, 9.17) is 23.1 Å². The van der Waals surface area contributed by atoms with Crippen molar-refractivity contribution in [1.29, 1.82) is 0 Å². The summed E-state index contributed by atoms with van der Waals surface area (Å²) >= 11 is 5.83. The largest absolute Gasteiger partial charge is 0.384 e. The highest BCUT2D eigenvalue weighted by atomic mass is 35.5. The van der Waals surface area contributed by atoms with Crippen LogP contribution in [-0.2, 0) is 6.42 Å². The number of benzene rings is 1. The van der Waals surface area contributed by atoms with Gasteiger partial charge in [0.15, 0.2) is 11.3 Å². The number of nitrogens with two attached hydrogens (primary N) is 2. The maximum Gasteiger partial charge on any atom is 0.206 e. The Morgan fingerprint density at radius 3 is 2.54 bits per heavy atom. The van der Waals surface area contributed by atoms with Gasteiger partial charge in [0.25, 0.3) is 0 Å². The van der Waals surface area contributed by atoms with Gasteiger partial charge in [-0.05, 0) is 68.2 Å². The Morgan fingerprint density at radius 2 is 1.83 bits per heavy atom. The van der Waals surface area contributed by atoms with Crippen molar-refractivity contribution in [3.63, 3.8) is 0 Å². The van der Waals surface area contributed by atoms with Crippen LogP contribution >= 0.6 is 11.6 Å². The molecule has 1 fully saturated rings. The number of halogens is 1. The number of nitrogens with one attached hydrogen (secondary N) is 1. The Kier molecular flexibility index (Phi) is 6.11. The second kappa shape index (κ2) is 9.09. The van der Waals surface area contributed by atoms with E-state index in [1.807, 2.05) is 20.8 Å². The molecule has 3 aromatic heterocycles. The van der Waals surface area contributed by atoms with Crippen molar-refractivity contribution in [1.82, 2.24) is 24.9 Å². The number of fused-ring (bicyclic) bond motifs is 2. The number of H-pyrrole nitrogens is 1. The molecule has 1 atom stereocenters. The van der Waals surface area contributed by atoms with Crippen LogP contribution in [0.1, 0.15) is 47.0 Å². The Hall–Kier alpha value is -3.23. The van der Waals surface area contributed by atoms with Gasteiger partial charge in [-0.1, -0.05) is 35.9 Å². The molecule has 1 spiro atoms. The number of anilines is 2. The summed E-state index contributed by atoms with van der Waals surface area (Å²) in [7, 11) is 0. The lowest BCUT2D eigenvalue weighted by molar-refractivity contribution is 0.187. The van der Waals surface area contributed by atoms with Crippen molar-refractivity contribution in [2.45, 2.75) is 46.1 Å². The SMILES string of the molecule is Cc1cc(N)nc(C)c1Cl.Cc1cnc2nc(N3CCC4(CC3)Cc3ccccc3C4N)[nH]c2n1. The maximum atomic E-state index is 6.66. The molecule has 4 aromatic rings. The Bertz CT molecular complexity index is 1350. The molecule has 6 rings (SSSR count). The van der Waals surface area contributed by atoms with Crippen molar-refractivity contribution < 1.29 is 0 Å². The molecule has 1 unspecified atom stereocenters. The third kappa shape index (κ3) is 4.44. The molecule has 0 saturated carbocycles. The van der Waals surface area contributed by atoms with Gasteiger partial charge < -0.3 is 21.4 Å². The minimum absolute atomic E-state index is 0.146. The highest BCUT2D eigenvalue weighted by Crippen LogP contribution is 2.50. The van der Waals surface area contributed by atoms with Gasteiger partial charge >= 0.3 is 0 Å². The molecule has 4 heterocycles. The highest BCUT2D eigenvalue weighted by molar-refractivity contribution is 6.31. The number of piperidine rings is 1. The first-order valence-electron chi connectivity index (χ1n) is 11.9. The van der Waals surface area contributed by atoms with Crippen LogP contribution in [0.2, 0.25) is 5.02 Å². The summed E-state index contributed by atoms with van der Waals surface area (Å²) in [5.41, 5.74) is 19.2. The van der Waals surface area contributed by atoms with Crippen LogP contribution in [0.25, 0.3) is 11.3 Å². The number of nitrogen functional groups attached to an aromatic ring is 1. The third-order valence-corrected chi connectivity index (χ3v) is 7.86. The van der Waals surface area contributed by atoms with Crippen LogP contribution < -0.4 is 16.4 Å². The van der Waals surface area contributed by atoms with E-state index in [0.29, 0.717) is 16.5 Å². The van der Waals surface area contributed by atoms with Gasteiger partial charge in [-0.25, -0.2) is 15.0 Å². The first-order valence-corrected chi connectivity index (χ1v) is 12.3. The number of rotatable bonds is 1. The molecule has 0 amide bonds. The van der Waals surface area contributed by atoms with E-state index in [-0.39, 0.29) is 11.5 Å². The lowest BCUT2D eigenvalue weighted by Gasteiger charge is -2.42. The fourth-order valence-corrected chi connectivity index (χ4v) is 5.43. The van der Waals surface area contributed by atoms with E-state index >= 15 is 0 Å². The Balaban J connectivity index is 0.000000214. The smallest absolute Gasteiger partial charge is 0.206 e. The lowest BCUT2D eigenvalue weighted by Crippen LogP contribution is -2.44. The molecule has 5 N–H and O–H groups in total. The van der Waals surface area contributed by atoms with Gasteiger partial charge in [-0.3, -0.25) is 0 Å². The molecular formula is C26H31ClN8. The number of aromatic nitrogens is 5. The van der Waals surface area contributed by atoms with Crippen LogP contribution in [0, 0.1) is 26.2 Å². The second-order valence-electron chi connectivity index (χ2n) is 9.71. The van der Waals surface area contributed by atoms with Gasteiger partial charge in [-0.15, -0.1) is 0 Å². The van der Waals surface area contributed by atoms with Crippen molar-refractivity contribution in [2.75, 3.05) is 23.7 Å². The van der Waals surface area contributed by atoms with E-state index in [1.165, 1.54) is 11.1 Å². The van der Waals surface area contributed by atoms with Crippen LogP contribution in [-0.4, -0.2) is 38.0 Å². The number of pyridine rings is 1. The van der Waals surface area contributed by atoms with Gasteiger partial charge in [0.2, 0.25) is 5.95 Å². The van der Waals surface area contributed by atoms with Crippen LogP contribution in [0.15, 0.2) is 36.5 Å². The molecule has 2 aliphatic rings. The van der Waals surface area contributed by atoms with E-state index < -0.39 is 0 Å². The Morgan fingerprint density at radius 1 is 1.09 bits per heavy atom. The zero-order valence-corrected chi connectivity index (χ0v) is 21.1. The van der Waals surface area contributed by atoms with Gasteiger partial charge in [0, 0.05) is 19.1 Å². The van der Waals surface area contributed by atoms with Crippen LogP contribution in [0.5, 0.6) is 0 Å². The number of hydrogen-bond donors (Lipinski definition) is 3. The number of nitrogens with zero attached hydrogens (tertiary/aromatic N) is 5. The van der Waals surface area contributed by atoms with Crippen LogP contribution in [0.4, 0.5) is 11.8 Å². The first-order chi connectivity index (χ1) is 16.8. The minimum Gasteiger partial charge on any atom is -0.384 e. The number of imidazole rings is 1. The first kappa shape index (κ1) is 23.5. The summed E-state index contributed by atoms with van der Waals surface area (Å²) < 4.78 is 0. The van der Waals surface area contributed by atoms with Gasteiger partial charge in [0.1, 0.15) is 5.82 Å². The molecule has 8 nitrogen and oxygen atoms in total. The van der Waals surface area contributed by atoms with Crippen molar-refractivity contribution in [3.8, 4) is 0 Å². The summed E-state index contributed by atoms with van der Waals surface area (Å²) in [5.74, 6) is 1.40. The summed E-state index contributed by atoms with van der Waals surface area (Å²) in [5, 5.41) is 0.703. The molecule has 35 heavy (non-hydrogen) atoms. The van der Waals surface area contributed by atoms with E-state index in [1.54, 1.807) is 12.3 Å². The fraction of sp³-hybridized carbons (Fsp3) is 0.385. The summed E-state index contributed by atoms with van der Waals surface area (Å²) in [6.07, 6.45) is 5.02. The maximum absolute atomic E-state index is 6.66. The molecule has 1 saturated heterocycles. The van der Waals surface area contributed by atoms with Gasteiger partial charge in [-0.2, -0.15) is 4.98 Å². The van der Waals surface area contributed by atoms with E-state index in [2.05, 4.69) is 54.1 Å². The van der Waals surface area contributed by atoms with E-state index in [0.717, 1.165) is 60.9 Å². The molecule has 1 aliphatic heterocycles. The third-order valence-electron chi connectivity index (χ3n) is 7.29. The number of aromatic amines is 1. The number of aryl methyl sites for hydroxylation is 3. The molecule has 0 bridgehead atoms. The molecular weight excluding hydrogens is 460 g/mol. The molecule has 1 aliphatic carbocycles. The molecule has 9 heteroatoms. The average molecular weight is 491 g/mol. The topological polar surface area (TPSA) is 123 Å². The number of hydrogen-bond acceptors (Lipinski definition) is 7. The van der Waals surface area contributed by atoms with Crippen molar-refractivity contribution in [2.24, 2.45) is 11.1 Å². The monoisotopic (exact) mass is 490 g/mol. The predicted octanol–water partition coefficient (Wildman–Crippen LogP) is 4.44. The quantitative estimate of drug-likeness (QED) is 0.360. The molecule has 182 valence electrons. The lowest BCUT2D eigenvalue weighted by atomic mass is 9.73. The van der Waals surface area contributed by atoms with Crippen molar-refractivity contribution >= 4 is 34.7 Å². The second-order valence-corrected chi connectivity index (χ2v) is 10.1. The van der Waals surface area contributed by atoms with Gasteiger partial charge in [0.05, 0.1) is 22.6 Å². The summed E-state index contributed by atoms with van der Waals surface area (Å²) in [4.78, 5) is 23.1. The minimum atomic E-state index is 0.146. The van der Waals surface area contributed by atoms with Crippen LogP contribution in [0.3, 0.4) is 0 Å². The molecule has 0 radical (unpaired) electrons. The normalized spacial score (nSPS) is 18.4. The average Bonchev–Trinajstić information content (AvgIpc) is 3.37. The molecule has 1 aromatic carbocycles. The zero-order chi connectivity index (χ0) is 24.7. The highest BCUT2D eigenvalue weighted by Gasteiger charge is 2.46. The zero-order valence-electron chi connectivity index (χ0n) is 20.3. The standard InChI is InChI=1S/C19H22N6.C7H9ClN2/c1-12-11-21-16-17(22-12)24-18(23-16)25-8-6-19(7-9-25)10-13-4-2-3-5-14(13)15(19)20;1-4-3-6(9)10-5(2)7(4)8/h2-5,11,15H,6-10,20H2,1H3,(H,21,22,23,24);3H,1-2H3,(H2,9,10). The summed E-state index contributed by atoms with van der Waals surface area (Å²) in [6.45, 7) is 7.61. The van der Waals surface area contributed by atoms with E-state index in [9.17, 15) is 0 Å². The Labute approximate surface area is 210 Å². The van der Waals surface area contributed by atoms with Crippen molar-refractivity contribution in [3.05, 3.63) is 69.6 Å². The predicted molar refractivity (Wildman–Crippen MR) is 141 cm³/mol. The summed E-state index contributed by atoms with van der Waals surface area (Å²) in [6, 6.07) is 10.6.